The highest BCUT2D eigenvalue weighted by Gasteiger charge is 2.23. The van der Waals surface area contributed by atoms with Gasteiger partial charge in [0.15, 0.2) is 10.3 Å². The smallest absolute Gasteiger partial charge is 0.195 e. The lowest BCUT2D eigenvalue weighted by Crippen LogP contribution is -1.95. The predicted octanol–water partition coefficient (Wildman–Crippen LogP) is 7.29. The van der Waals surface area contributed by atoms with Crippen LogP contribution < -0.4 is 0 Å². The van der Waals surface area contributed by atoms with Gasteiger partial charge in [-0.2, -0.15) is 0 Å². The van der Waals surface area contributed by atoms with Crippen LogP contribution in [0.5, 0.6) is 0 Å². The normalized spacial score (nSPS) is 12.2. The molecule has 7 nitrogen and oxygen atoms in total. The largest absolute Gasteiger partial charge is 0.282 e. The summed E-state index contributed by atoms with van der Waals surface area (Å²) in [5, 5.41) is 1.78. The third-order valence-corrected chi connectivity index (χ3v) is 8.96. The minimum Gasteiger partial charge on any atom is -0.282 e. The summed E-state index contributed by atoms with van der Waals surface area (Å²) in [6.07, 6.45) is 3.64. The van der Waals surface area contributed by atoms with Gasteiger partial charge in [0.05, 0.1) is 42.5 Å². The van der Waals surface area contributed by atoms with Crippen molar-refractivity contribution in [2.45, 2.75) is 0 Å². The Morgan fingerprint density at radius 1 is 0.474 bits per heavy atom. The van der Waals surface area contributed by atoms with E-state index >= 15 is 0 Å². The molecule has 0 aliphatic heterocycles. The summed E-state index contributed by atoms with van der Waals surface area (Å²) in [5.74, 6) is 0. The first-order chi connectivity index (χ1) is 18.8. The molecule has 9 heteroatoms. The lowest BCUT2D eigenvalue weighted by molar-refractivity contribution is 1.13. The summed E-state index contributed by atoms with van der Waals surface area (Å²) in [4.78, 5) is 24.7. The zero-order chi connectivity index (χ0) is 24.8. The van der Waals surface area contributed by atoms with Crippen molar-refractivity contribution >= 4 is 87.2 Å². The molecule has 7 aromatic heterocycles. The van der Waals surface area contributed by atoms with Crippen LogP contribution in [0.2, 0.25) is 0 Å². The molecular weight excluding hydrogens is 511 g/mol. The van der Waals surface area contributed by atoms with Crippen LogP contribution in [0.15, 0.2) is 91.3 Å². The topological polar surface area (TPSA) is 74.3 Å². The highest BCUT2D eigenvalue weighted by atomic mass is 32.1. The van der Waals surface area contributed by atoms with E-state index in [-0.39, 0.29) is 0 Å². The second kappa shape index (κ2) is 7.41. The summed E-state index contributed by atoms with van der Waals surface area (Å²) in [7, 11) is 0. The monoisotopic (exact) mass is 525 g/mol. The number of aromatic nitrogens is 7. The van der Waals surface area contributed by atoms with Crippen LogP contribution >= 0.6 is 22.7 Å². The van der Waals surface area contributed by atoms with E-state index in [1.165, 1.54) is 0 Å². The molecule has 0 saturated carbocycles. The maximum Gasteiger partial charge on any atom is 0.195 e. The molecular formula is C29H15N7S2. The first-order valence-electron chi connectivity index (χ1n) is 12.1. The van der Waals surface area contributed by atoms with Crippen molar-refractivity contribution in [1.82, 2.24) is 34.1 Å². The van der Waals surface area contributed by atoms with Gasteiger partial charge in [-0.15, -0.1) is 0 Å². The number of hydrogen-bond acceptors (Lipinski definition) is 7. The van der Waals surface area contributed by atoms with Crippen LogP contribution in [0.25, 0.3) is 74.8 Å². The van der Waals surface area contributed by atoms with E-state index in [0.29, 0.717) is 0 Å². The van der Waals surface area contributed by atoms with Gasteiger partial charge >= 0.3 is 0 Å². The SMILES string of the molecule is c1ccc2sc(-n3c4cccnc4c4nc5c6ncccc6n(-c6nc7ccccc7s6)c5cc43)nc2c1. The Labute approximate surface area is 222 Å². The highest BCUT2D eigenvalue weighted by molar-refractivity contribution is 7.21. The van der Waals surface area contributed by atoms with Gasteiger partial charge in [-0.25, -0.2) is 15.0 Å². The Bertz CT molecular complexity index is 2140. The molecule has 9 aromatic rings. The van der Waals surface area contributed by atoms with Gasteiger partial charge in [-0.05, 0) is 54.6 Å². The Hall–Kier alpha value is -4.73. The maximum absolute atomic E-state index is 5.22. The summed E-state index contributed by atoms with van der Waals surface area (Å²) in [5.41, 5.74) is 9.19. The van der Waals surface area contributed by atoms with Crippen molar-refractivity contribution in [2.75, 3.05) is 0 Å². The lowest BCUT2D eigenvalue weighted by Gasteiger charge is -2.04. The van der Waals surface area contributed by atoms with Crippen molar-refractivity contribution in [2.24, 2.45) is 0 Å². The van der Waals surface area contributed by atoms with Crippen molar-refractivity contribution in [3.05, 3.63) is 91.3 Å². The number of benzene rings is 2. The molecule has 0 spiro atoms. The van der Waals surface area contributed by atoms with E-state index in [1.807, 2.05) is 48.8 Å². The van der Waals surface area contributed by atoms with Crippen molar-refractivity contribution < 1.29 is 0 Å². The first kappa shape index (κ1) is 20.3. The molecule has 0 N–H and O–H groups in total. The van der Waals surface area contributed by atoms with E-state index in [9.17, 15) is 0 Å². The number of rotatable bonds is 2. The average Bonchev–Trinajstić information content (AvgIpc) is 3.71. The molecule has 0 aliphatic carbocycles. The zero-order valence-electron chi connectivity index (χ0n) is 19.6. The summed E-state index contributed by atoms with van der Waals surface area (Å²) >= 11 is 3.33. The molecule has 178 valence electrons. The van der Waals surface area contributed by atoms with E-state index in [2.05, 4.69) is 51.6 Å². The van der Waals surface area contributed by atoms with Gasteiger partial charge < -0.3 is 0 Å². The third-order valence-electron chi connectivity index (χ3n) is 6.92. The summed E-state index contributed by atoms with van der Waals surface area (Å²) in [6, 6.07) is 26.7. The van der Waals surface area contributed by atoms with Crippen LogP contribution in [0.3, 0.4) is 0 Å². The molecule has 0 saturated heterocycles. The molecule has 2 aromatic carbocycles. The maximum atomic E-state index is 5.22. The Morgan fingerprint density at radius 2 is 0.974 bits per heavy atom. The molecule has 0 aliphatic rings. The Kier molecular flexibility index (Phi) is 3.96. The molecule has 0 amide bonds. The molecule has 0 fully saturated rings. The van der Waals surface area contributed by atoms with E-state index < -0.39 is 0 Å². The highest BCUT2D eigenvalue weighted by Crippen LogP contribution is 2.38. The quantitative estimate of drug-likeness (QED) is 0.237. The fourth-order valence-electron chi connectivity index (χ4n) is 5.28. The molecule has 0 bridgehead atoms. The number of nitrogens with zero attached hydrogens (tertiary/aromatic N) is 7. The van der Waals surface area contributed by atoms with Gasteiger partial charge in [0.1, 0.15) is 22.1 Å². The molecule has 0 atom stereocenters. The second-order valence-electron chi connectivity index (χ2n) is 9.07. The molecule has 9 rings (SSSR count). The van der Waals surface area contributed by atoms with E-state index in [0.717, 1.165) is 74.8 Å². The van der Waals surface area contributed by atoms with E-state index in [4.69, 9.17) is 24.9 Å². The number of thiazole rings is 2. The average molecular weight is 526 g/mol. The summed E-state index contributed by atoms with van der Waals surface area (Å²) < 4.78 is 6.65. The van der Waals surface area contributed by atoms with Gasteiger partial charge in [-0.1, -0.05) is 46.9 Å². The number of para-hydroxylation sites is 2. The van der Waals surface area contributed by atoms with Crippen LogP contribution in [-0.4, -0.2) is 34.1 Å². The second-order valence-corrected chi connectivity index (χ2v) is 11.1. The number of fused-ring (bicyclic) bond motifs is 8. The van der Waals surface area contributed by atoms with Gasteiger partial charge in [0.25, 0.3) is 0 Å². The van der Waals surface area contributed by atoms with E-state index in [1.54, 1.807) is 22.7 Å². The van der Waals surface area contributed by atoms with Crippen LogP contribution in [0.1, 0.15) is 0 Å². The fourth-order valence-corrected chi connectivity index (χ4v) is 7.27. The first-order valence-corrected chi connectivity index (χ1v) is 13.7. The van der Waals surface area contributed by atoms with Crippen molar-refractivity contribution in [1.29, 1.82) is 0 Å². The van der Waals surface area contributed by atoms with Gasteiger partial charge in [0, 0.05) is 12.4 Å². The minimum absolute atomic E-state index is 0.835. The van der Waals surface area contributed by atoms with Crippen LogP contribution in [0.4, 0.5) is 0 Å². The lowest BCUT2D eigenvalue weighted by atomic mass is 10.3. The Balaban J connectivity index is 1.45. The summed E-state index contributed by atoms with van der Waals surface area (Å²) in [6.45, 7) is 0. The van der Waals surface area contributed by atoms with Crippen molar-refractivity contribution in [3.8, 4) is 10.3 Å². The van der Waals surface area contributed by atoms with Crippen LogP contribution in [0, 0.1) is 0 Å². The Morgan fingerprint density at radius 3 is 1.47 bits per heavy atom. The predicted molar refractivity (Wildman–Crippen MR) is 155 cm³/mol. The zero-order valence-corrected chi connectivity index (χ0v) is 21.2. The number of pyridine rings is 3. The molecule has 0 radical (unpaired) electrons. The van der Waals surface area contributed by atoms with Gasteiger partial charge in [-0.3, -0.25) is 19.1 Å². The van der Waals surface area contributed by atoms with Gasteiger partial charge in [0.2, 0.25) is 0 Å². The van der Waals surface area contributed by atoms with Crippen molar-refractivity contribution in [3.63, 3.8) is 0 Å². The fraction of sp³-hybridized carbons (Fsp3) is 0. The molecule has 7 heterocycles. The van der Waals surface area contributed by atoms with Crippen LogP contribution in [-0.2, 0) is 0 Å². The minimum atomic E-state index is 0.835. The molecule has 0 unspecified atom stereocenters. The molecule has 38 heavy (non-hydrogen) atoms. The standard InChI is InChI=1S/C29H15N7S2/c1-3-11-22-16(7-1)32-28(37-22)35-18-9-5-13-30-24(18)26-20(35)15-21-27(34-26)25-19(10-6-14-31-25)36(21)29-33-17-8-2-4-12-23(17)38-29/h1-15H. The third kappa shape index (κ3) is 2.69. The number of hydrogen-bond donors (Lipinski definition) is 0.